The molecule has 0 aliphatic carbocycles. The number of hydrogen-bond acceptors (Lipinski definition) is 2. The maximum atomic E-state index is 12.5. The SMILES string of the molecule is CCc1ccc(N(CCC(=O)Nc2ccccc2C(C)(C)C)C(C)=O)cc1. The van der Waals surface area contributed by atoms with Gasteiger partial charge in [0.1, 0.15) is 0 Å². The second-order valence-corrected chi connectivity index (χ2v) is 7.78. The Bertz CT molecular complexity index is 789. The Hall–Kier alpha value is -2.62. The lowest BCUT2D eigenvalue weighted by atomic mass is 9.86. The van der Waals surface area contributed by atoms with E-state index in [1.807, 2.05) is 48.5 Å². The summed E-state index contributed by atoms with van der Waals surface area (Å²) in [6, 6.07) is 15.8. The molecule has 0 radical (unpaired) electrons. The minimum Gasteiger partial charge on any atom is -0.326 e. The predicted octanol–water partition coefficient (Wildman–Crippen LogP) is 4.93. The van der Waals surface area contributed by atoms with Crippen LogP contribution in [0.3, 0.4) is 0 Å². The summed E-state index contributed by atoms with van der Waals surface area (Å²) < 4.78 is 0. The first-order valence-electron chi connectivity index (χ1n) is 9.48. The third kappa shape index (κ3) is 5.68. The van der Waals surface area contributed by atoms with Crippen LogP contribution in [0.1, 0.15) is 52.2 Å². The number of anilines is 2. The summed E-state index contributed by atoms with van der Waals surface area (Å²) in [5.74, 6) is -0.162. The summed E-state index contributed by atoms with van der Waals surface area (Å²) >= 11 is 0. The highest BCUT2D eigenvalue weighted by Crippen LogP contribution is 2.29. The molecule has 0 saturated heterocycles. The van der Waals surface area contributed by atoms with Gasteiger partial charge in [-0.1, -0.05) is 58.0 Å². The number of para-hydroxylation sites is 1. The van der Waals surface area contributed by atoms with Crippen molar-refractivity contribution in [3.05, 3.63) is 59.7 Å². The van der Waals surface area contributed by atoms with Crippen LogP contribution in [0.15, 0.2) is 48.5 Å². The fourth-order valence-corrected chi connectivity index (χ4v) is 3.05. The molecule has 0 bridgehead atoms. The molecule has 0 heterocycles. The van der Waals surface area contributed by atoms with Crippen molar-refractivity contribution in [3.8, 4) is 0 Å². The summed E-state index contributed by atoms with van der Waals surface area (Å²) in [4.78, 5) is 26.2. The number of amides is 2. The summed E-state index contributed by atoms with van der Waals surface area (Å²) in [7, 11) is 0. The van der Waals surface area contributed by atoms with E-state index in [1.165, 1.54) is 12.5 Å². The molecule has 144 valence electrons. The molecule has 0 spiro atoms. The fraction of sp³-hybridized carbons (Fsp3) is 0.391. The van der Waals surface area contributed by atoms with Crippen LogP contribution in [0.5, 0.6) is 0 Å². The number of hydrogen-bond donors (Lipinski definition) is 1. The first-order valence-corrected chi connectivity index (χ1v) is 9.48. The number of nitrogens with zero attached hydrogens (tertiary/aromatic N) is 1. The van der Waals surface area contributed by atoms with Crippen LogP contribution in [0.25, 0.3) is 0 Å². The van der Waals surface area contributed by atoms with Crippen LogP contribution in [0, 0.1) is 0 Å². The zero-order chi connectivity index (χ0) is 20.0. The van der Waals surface area contributed by atoms with Gasteiger partial charge >= 0.3 is 0 Å². The Labute approximate surface area is 162 Å². The third-order valence-electron chi connectivity index (χ3n) is 4.61. The van der Waals surface area contributed by atoms with Crippen LogP contribution >= 0.6 is 0 Å². The van der Waals surface area contributed by atoms with Crippen molar-refractivity contribution in [3.63, 3.8) is 0 Å². The molecular weight excluding hydrogens is 336 g/mol. The third-order valence-corrected chi connectivity index (χ3v) is 4.61. The van der Waals surface area contributed by atoms with Gasteiger partial charge in [0.15, 0.2) is 0 Å². The molecule has 2 amide bonds. The van der Waals surface area contributed by atoms with E-state index in [0.717, 1.165) is 23.4 Å². The van der Waals surface area contributed by atoms with Crippen molar-refractivity contribution in [1.82, 2.24) is 0 Å². The van der Waals surface area contributed by atoms with E-state index in [-0.39, 0.29) is 23.7 Å². The predicted molar refractivity (Wildman–Crippen MR) is 112 cm³/mol. The summed E-state index contributed by atoms with van der Waals surface area (Å²) in [5.41, 5.74) is 3.91. The molecule has 27 heavy (non-hydrogen) atoms. The standard InChI is InChI=1S/C23H30N2O2/c1-6-18-11-13-19(14-12-18)25(17(2)26)16-15-22(27)24-21-10-8-7-9-20(21)23(3,4)5/h7-14H,6,15-16H2,1-5H3,(H,24,27). The highest BCUT2D eigenvalue weighted by Gasteiger charge is 2.19. The minimum atomic E-state index is -0.0943. The van der Waals surface area contributed by atoms with Gasteiger partial charge in [0.2, 0.25) is 11.8 Å². The lowest BCUT2D eigenvalue weighted by Crippen LogP contribution is -2.32. The van der Waals surface area contributed by atoms with Crippen LogP contribution in [0.4, 0.5) is 11.4 Å². The Morgan fingerprint density at radius 3 is 2.19 bits per heavy atom. The van der Waals surface area contributed by atoms with Gasteiger partial charge in [-0.15, -0.1) is 0 Å². The van der Waals surface area contributed by atoms with Crippen molar-refractivity contribution in [2.75, 3.05) is 16.8 Å². The largest absolute Gasteiger partial charge is 0.326 e. The van der Waals surface area contributed by atoms with Crippen LogP contribution in [-0.4, -0.2) is 18.4 Å². The highest BCUT2D eigenvalue weighted by atomic mass is 16.2. The smallest absolute Gasteiger partial charge is 0.226 e. The van der Waals surface area contributed by atoms with E-state index in [2.05, 4.69) is 33.0 Å². The van der Waals surface area contributed by atoms with Gasteiger partial charge in [0, 0.05) is 31.3 Å². The van der Waals surface area contributed by atoms with Crippen molar-refractivity contribution >= 4 is 23.2 Å². The molecule has 4 nitrogen and oxygen atoms in total. The molecule has 2 rings (SSSR count). The van der Waals surface area contributed by atoms with Crippen molar-refractivity contribution in [2.24, 2.45) is 0 Å². The number of aryl methyl sites for hydroxylation is 1. The van der Waals surface area contributed by atoms with Crippen LogP contribution in [0.2, 0.25) is 0 Å². The topological polar surface area (TPSA) is 49.4 Å². The first kappa shape index (κ1) is 20.7. The number of carbonyl (C=O) groups excluding carboxylic acids is 2. The van der Waals surface area contributed by atoms with Crippen molar-refractivity contribution < 1.29 is 9.59 Å². The summed E-state index contributed by atoms with van der Waals surface area (Å²) in [6.45, 7) is 10.3. The molecule has 1 N–H and O–H groups in total. The maximum absolute atomic E-state index is 12.5. The van der Waals surface area contributed by atoms with E-state index >= 15 is 0 Å². The van der Waals surface area contributed by atoms with Gasteiger partial charge in [-0.05, 0) is 41.2 Å². The Morgan fingerprint density at radius 1 is 1.00 bits per heavy atom. The van der Waals surface area contributed by atoms with Gasteiger partial charge in [-0.3, -0.25) is 9.59 Å². The van der Waals surface area contributed by atoms with Crippen LogP contribution in [-0.2, 0) is 21.4 Å². The fourth-order valence-electron chi connectivity index (χ4n) is 3.05. The van der Waals surface area contributed by atoms with Crippen molar-refractivity contribution in [1.29, 1.82) is 0 Å². The quantitative estimate of drug-likeness (QED) is 0.788. The Balaban J connectivity index is 2.06. The average Bonchev–Trinajstić information content (AvgIpc) is 2.61. The monoisotopic (exact) mass is 366 g/mol. The lowest BCUT2D eigenvalue weighted by molar-refractivity contribution is -0.117. The molecule has 0 aliphatic rings. The maximum Gasteiger partial charge on any atom is 0.226 e. The van der Waals surface area contributed by atoms with Crippen LogP contribution < -0.4 is 10.2 Å². The Morgan fingerprint density at radius 2 is 1.63 bits per heavy atom. The van der Waals surface area contributed by atoms with E-state index in [0.29, 0.717) is 6.54 Å². The molecule has 0 fully saturated rings. The summed E-state index contributed by atoms with van der Waals surface area (Å²) in [5, 5.41) is 3.00. The number of benzene rings is 2. The van der Waals surface area contributed by atoms with Gasteiger partial charge < -0.3 is 10.2 Å². The molecular formula is C23H30N2O2. The zero-order valence-corrected chi connectivity index (χ0v) is 17.0. The first-order chi connectivity index (χ1) is 12.7. The highest BCUT2D eigenvalue weighted by molar-refractivity contribution is 5.95. The van der Waals surface area contributed by atoms with Gasteiger partial charge in [0.25, 0.3) is 0 Å². The van der Waals surface area contributed by atoms with E-state index in [4.69, 9.17) is 0 Å². The molecule has 4 heteroatoms. The molecule has 0 unspecified atom stereocenters. The number of nitrogens with one attached hydrogen (secondary N) is 1. The Kier molecular flexibility index (Phi) is 6.78. The summed E-state index contributed by atoms with van der Waals surface area (Å²) in [6.07, 6.45) is 1.20. The zero-order valence-electron chi connectivity index (χ0n) is 17.0. The molecule has 2 aromatic rings. The van der Waals surface area contributed by atoms with E-state index in [9.17, 15) is 9.59 Å². The lowest BCUT2D eigenvalue weighted by Gasteiger charge is -2.24. The number of rotatable bonds is 6. The van der Waals surface area contributed by atoms with E-state index < -0.39 is 0 Å². The average molecular weight is 367 g/mol. The van der Waals surface area contributed by atoms with Crippen molar-refractivity contribution in [2.45, 2.75) is 52.9 Å². The minimum absolute atomic E-state index is 0.0592. The molecule has 0 atom stereocenters. The molecule has 2 aromatic carbocycles. The van der Waals surface area contributed by atoms with Gasteiger partial charge in [0.05, 0.1) is 0 Å². The molecule has 0 aliphatic heterocycles. The normalized spacial score (nSPS) is 11.1. The van der Waals surface area contributed by atoms with Gasteiger partial charge in [-0.25, -0.2) is 0 Å². The van der Waals surface area contributed by atoms with E-state index in [1.54, 1.807) is 4.90 Å². The molecule has 0 saturated carbocycles. The second kappa shape index (κ2) is 8.85. The molecule has 0 aromatic heterocycles. The number of carbonyl (C=O) groups is 2. The second-order valence-electron chi connectivity index (χ2n) is 7.78. The van der Waals surface area contributed by atoms with Gasteiger partial charge in [-0.2, -0.15) is 0 Å².